The minimum atomic E-state index is -0.857. The van der Waals surface area contributed by atoms with Gasteiger partial charge in [-0.3, -0.25) is 4.98 Å². The van der Waals surface area contributed by atoms with Crippen molar-refractivity contribution in [3.63, 3.8) is 0 Å². The number of urea groups is 1. The van der Waals surface area contributed by atoms with Crippen LogP contribution >= 0.6 is 0 Å². The van der Waals surface area contributed by atoms with Crippen LogP contribution in [0.15, 0.2) is 18.5 Å². The number of piperidine rings is 1. The second-order valence-corrected chi connectivity index (χ2v) is 9.22. The van der Waals surface area contributed by atoms with Crippen molar-refractivity contribution in [3.8, 4) is 0 Å². The van der Waals surface area contributed by atoms with Gasteiger partial charge in [0.05, 0.1) is 6.61 Å². The second-order valence-electron chi connectivity index (χ2n) is 9.22. The largest absolute Gasteiger partial charge is 0.441 e. The van der Waals surface area contributed by atoms with E-state index >= 15 is 0 Å². The van der Waals surface area contributed by atoms with Crippen LogP contribution in [0.3, 0.4) is 0 Å². The molecule has 0 unspecified atom stereocenters. The first-order chi connectivity index (χ1) is 13.8. The minimum Gasteiger partial charge on any atom is -0.441 e. The lowest BCUT2D eigenvalue weighted by Gasteiger charge is -2.34. The highest BCUT2D eigenvalue weighted by Gasteiger charge is 2.55. The summed E-state index contributed by atoms with van der Waals surface area (Å²) >= 11 is 0. The molecule has 29 heavy (non-hydrogen) atoms. The quantitative estimate of drug-likeness (QED) is 0.804. The summed E-state index contributed by atoms with van der Waals surface area (Å²) in [5, 5.41) is 12.4. The van der Waals surface area contributed by atoms with E-state index in [4.69, 9.17) is 4.74 Å². The van der Waals surface area contributed by atoms with Crippen molar-refractivity contribution >= 4 is 12.1 Å². The number of pyridine rings is 1. The number of aliphatic hydroxyl groups excluding tert-OH is 1. The maximum absolute atomic E-state index is 12.5. The lowest BCUT2D eigenvalue weighted by atomic mass is 9.91. The number of nitrogens with zero attached hydrogens (tertiary/aromatic N) is 3. The molecule has 1 saturated heterocycles. The van der Waals surface area contributed by atoms with Gasteiger partial charge in [0.25, 0.3) is 0 Å². The smallest absolute Gasteiger partial charge is 0.410 e. The van der Waals surface area contributed by atoms with E-state index in [0.29, 0.717) is 38.6 Å². The lowest BCUT2D eigenvalue weighted by molar-refractivity contribution is -0.0251. The first kappa shape index (κ1) is 19.9. The number of rotatable bonds is 4. The summed E-state index contributed by atoms with van der Waals surface area (Å²) in [6.45, 7) is 6.48. The monoisotopic (exact) mass is 402 g/mol. The topological polar surface area (TPSA) is 95.0 Å². The number of carbonyl (C=O) groups is 2. The Kier molecular flexibility index (Phi) is 5.14. The Morgan fingerprint density at radius 2 is 2.00 bits per heavy atom. The first-order valence-electron chi connectivity index (χ1n) is 10.4. The van der Waals surface area contributed by atoms with Crippen LogP contribution in [0, 0.1) is 11.3 Å². The Labute approximate surface area is 171 Å². The summed E-state index contributed by atoms with van der Waals surface area (Å²) in [5.74, 6) is 0.477. The predicted octanol–water partition coefficient (Wildman–Crippen LogP) is 2.12. The minimum absolute atomic E-state index is 0.0181. The molecule has 1 aromatic rings. The standard InChI is InChI=1S/C21H30N4O4/c1-20(2,14-26)29-19(28)24-7-4-21(5-8-24)9-17(21)11-23-18(27)25-12-15-3-6-22-10-16(15)13-25/h3,6,10,17,26H,4-5,7-9,11-14H2,1-2H3,(H,23,27)/t17-/m1/s1. The van der Waals surface area contributed by atoms with E-state index in [1.807, 2.05) is 17.2 Å². The van der Waals surface area contributed by atoms with Gasteiger partial charge in [-0.15, -0.1) is 0 Å². The molecule has 3 heterocycles. The number of ether oxygens (including phenoxy) is 1. The average molecular weight is 402 g/mol. The van der Waals surface area contributed by atoms with Gasteiger partial charge in [-0.1, -0.05) is 0 Å². The third-order valence-corrected chi connectivity index (χ3v) is 6.63. The maximum Gasteiger partial charge on any atom is 0.410 e. The first-order valence-corrected chi connectivity index (χ1v) is 10.4. The molecular weight excluding hydrogens is 372 g/mol. The van der Waals surface area contributed by atoms with Crippen LogP contribution in [0.1, 0.15) is 44.2 Å². The van der Waals surface area contributed by atoms with Crippen LogP contribution in [0.25, 0.3) is 0 Å². The molecule has 158 valence electrons. The Balaban J connectivity index is 1.20. The summed E-state index contributed by atoms with van der Waals surface area (Å²) in [5.41, 5.74) is 1.68. The van der Waals surface area contributed by atoms with Gasteiger partial charge in [0.1, 0.15) is 5.60 Å². The fraction of sp³-hybridized carbons (Fsp3) is 0.667. The number of hydrogen-bond donors (Lipinski definition) is 2. The van der Waals surface area contributed by atoms with Crippen LogP contribution in [0.4, 0.5) is 9.59 Å². The molecule has 8 heteroatoms. The zero-order valence-corrected chi connectivity index (χ0v) is 17.2. The molecular formula is C21H30N4O4. The summed E-state index contributed by atoms with van der Waals surface area (Å²) in [7, 11) is 0. The Hall–Kier alpha value is -2.35. The van der Waals surface area contributed by atoms with E-state index in [-0.39, 0.29) is 24.1 Å². The van der Waals surface area contributed by atoms with E-state index in [1.165, 1.54) is 5.56 Å². The molecule has 0 bridgehead atoms. The van der Waals surface area contributed by atoms with Gasteiger partial charge >= 0.3 is 12.1 Å². The third kappa shape index (κ3) is 4.17. The molecule has 2 aliphatic heterocycles. The molecule has 3 amide bonds. The normalized spacial score (nSPS) is 22.4. The van der Waals surface area contributed by atoms with E-state index in [2.05, 4.69) is 10.3 Å². The highest BCUT2D eigenvalue weighted by molar-refractivity contribution is 5.75. The molecule has 8 nitrogen and oxygen atoms in total. The van der Waals surface area contributed by atoms with Crippen molar-refractivity contribution in [1.82, 2.24) is 20.1 Å². The van der Waals surface area contributed by atoms with Gasteiger partial charge in [0.2, 0.25) is 0 Å². The summed E-state index contributed by atoms with van der Waals surface area (Å²) in [6.07, 6.45) is 6.21. The molecule has 0 aromatic carbocycles. The molecule has 3 aliphatic rings. The van der Waals surface area contributed by atoms with Gasteiger partial charge in [-0.05, 0) is 61.6 Å². The van der Waals surface area contributed by atoms with E-state index in [1.54, 1.807) is 24.9 Å². The van der Waals surface area contributed by atoms with Crippen molar-refractivity contribution in [2.75, 3.05) is 26.2 Å². The number of carbonyl (C=O) groups excluding carboxylic acids is 2. The average Bonchev–Trinajstić information content (AvgIpc) is 3.18. The van der Waals surface area contributed by atoms with Gasteiger partial charge in [-0.25, -0.2) is 9.59 Å². The lowest BCUT2D eigenvalue weighted by Crippen LogP contribution is -2.44. The van der Waals surface area contributed by atoms with Crippen molar-refractivity contribution in [2.45, 2.75) is 51.8 Å². The SMILES string of the molecule is CC(C)(CO)OC(=O)N1CCC2(CC1)C[C@@H]2CNC(=O)N1Cc2ccncc2C1. The predicted molar refractivity (Wildman–Crippen MR) is 106 cm³/mol. The Bertz CT molecular complexity index is 764. The molecule has 0 radical (unpaired) electrons. The summed E-state index contributed by atoms with van der Waals surface area (Å²) in [4.78, 5) is 32.5. The van der Waals surface area contributed by atoms with Gasteiger partial charge in [-0.2, -0.15) is 0 Å². The zero-order valence-electron chi connectivity index (χ0n) is 17.2. The van der Waals surface area contributed by atoms with Crippen LogP contribution in [-0.2, 0) is 17.8 Å². The fourth-order valence-corrected chi connectivity index (χ4v) is 4.49. The van der Waals surface area contributed by atoms with E-state index in [9.17, 15) is 14.7 Å². The van der Waals surface area contributed by atoms with Crippen molar-refractivity contribution < 1.29 is 19.4 Å². The van der Waals surface area contributed by atoms with Crippen molar-refractivity contribution in [2.24, 2.45) is 11.3 Å². The molecule has 2 N–H and O–H groups in total. The van der Waals surface area contributed by atoms with Crippen LogP contribution in [-0.4, -0.2) is 63.9 Å². The molecule has 1 aromatic heterocycles. The number of hydrogen-bond acceptors (Lipinski definition) is 5. The maximum atomic E-state index is 12.5. The molecule has 4 rings (SSSR count). The summed E-state index contributed by atoms with van der Waals surface area (Å²) in [6, 6.07) is 1.95. The highest BCUT2D eigenvalue weighted by Crippen LogP contribution is 2.59. The molecule has 1 aliphatic carbocycles. The van der Waals surface area contributed by atoms with Crippen LogP contribution < -0.4 is 5.32 Å². The number of aliphatic hydroxyl groups is 1. The third-order valence-electron chi connectivity index (χ3n) is 6.63. The van der Waals surface area contributed by atoms with Crippen LogP contribution in [0.5, 0.6) is 0 Å². The number of aromatic nitrogens is 1. The molecule has 2 fully saturated rings. The summed E-state index contributed by atoms with van der Waals surface area (Å²) < 4.78 is 5.37. The van der Waals surface area contributed by atoms with Crippen molar-refractivity contribution in [3.05, 3.63) is 29.6 Å². The van der Waals surface area contributed by atoms with Crippen molar-refractivity contribution in [1.29, 1.82) is 0 Å². The Morgan fingerprint density at radius 1 is 1.28 bits per heavy atom. The van der Waals surface area contributed by atoms with Gasteiger partial charge < -0.3 is 25.0 Å². The number of fused-ring (bicyclic) bond motifs is 1. The Morgan fingerprint density at radius 3 is 2.69 bits per heavy atom. The van der Waals surface area contributed by atoms with E-state index in [0.717, 1.165) is 24.8 Å². The zero-order chi connectivity index (χ0) is 20.6. The van der Waals surface area contributed by atoms with E-state index < -0.39 is 5.60 Å². The fourth-order valence-electron chi connectivity index (χ4n) is 4.49. The number of amides is 3. The highest BCUT2D eigenvalue weighted by atomic mass is 16.6. The molecule has 1 spiro atoms. The van der Waals surface area contributed by atoms with Gasteiger partial charge in [0.15, 0.2) is 0 Å². The number of likely N-dealkylation sites (tertiary alicyclic amines) is 1. The molecule has 1 saturated carbocycles. The van der Waals surface area contributed by atoms with Gasteiger partial charge in [0, 0.05) is 45.1 Å². The number of nitrogens with one attached hydrogen (secondary N) is 1. The molecule has 1 atom stereocenters. The van der Waals surface area contributed by atoms with Crippen LogP contribution in [0.2, 0.25) is 0 Å². The second kappa shape index (κ2) is 7.48.